The van der Waals surface area contributed by atoms with Gasteiger partial charge in [0.1, 0.15) is 6.10 Å². The van der Waals surface area contributed by atoms with E-state index < -0.39 is 6.09 Å². The lowest BCUT2D eigenvalue weighted by Gasteiger charge is -2.35. The number of alkyl carbamates (subject to hydrolysis) is 1. The van der Waals surface area contributed by atoms with Gasteiger partial charge in [0, 0.05) is 11.8 Å². The summed E-state index contributed by atoms with van der Waals surface area (Å²) in [6.07, 6.45) is 1.16. The second-order valence-electron chi connectivity index (χ2n) is 3.45. The molecular weight excluding hydrogens is 194 g/mol. The van der Waals surface area contributed by atoms with Crippen LogP contribution in [0.25, 0.3) is 0 Å². The van der Waals surface area contributed by atoms with Gasteiger partial charge in [-0.3, -0.25) is 10.1 Å². The molecule has 0 spiro atoms. The molecule has 72 valence electrons. The maximum atomic E-state index is 11.3. The van der Waals surface area contributed by atoms with Crippen molar-refractivity contribution in [3.63, 3.8) is 0 Å². The fourth-order valence-electron chi connectivity index (χ4n) is 1.87. The number of carbonyl (C=O) groups excluding carboxylic acids is 2. The number of hydrogen-bond acceptors (Lipinski definition) is 3. The van der Waals surface area contributed by atoms with Crippen molar-refractivity contribution in [1.29, 1.82) is 0 Å². The fourth-order valence-corrected chi connectivity index (χ4v) is 2.17. The molecule has 1 aliphatic carbocycles. The van der Waals surface area contributed by atoms with Crippen LogP contribution in [0.5, 0.6) is 0 Å². The van der Waals surface area contributed by atoms with E-state index in [-0.39, 0.29) is 23.3 Å². The first-order valence-electron chi connectivity index (χ1n) is 4.32. The summed E-state index contributed by atoms with van der Waals surface area (Å²) in [5.41, 5.74) is 0. The van der Waals surface area contributed by atoms with Crippen LogP contribution in [0, 0.1) is 5.92 Å². The standard InChI is InChI=1S/C8H10ClNO3/c9-4-1-2-5-6(3-4)13-8(12)10-7(5)11/h4-6H,1-3H2,(H,10,11,12). The van der Waals surface area contributed by atoms with Crippen molar-refractivity contribution in [2.24, 2.45) is 5.92 Å². The Bertz CT molecular complexity index is 256. The van der Waals surface area contributed by atoms with Gasteiger partial charge >= 0.3 is 6.09 Å². The highest BCUT2D eigenvalue weighted by Crippen LogP contribution is 2.32. The molecule has 2 rings (SSSR count). The number of nitrogens with one attached hydrogen (secondary N) is 1. The Morgan fingerprint density at radius 1 is 1.38 bits per heavy atom. The van der Waals surface area contributed by atoms with Gasteiger partial charge in [-0.25, -0.2) is 4.79 Å². The molecule has 4 nitrogen and oxygen atoms in total. The summed E-state index contributed by atoms with van der Waals surface area (Å²) < 4.78 is 4.98. The van der Waals surface area contributed by atoms with Crippen molar-refractivity contribution in [3.8, 4) is 0 Å². The summed E-state index contributed by atoms with van der Waals surface area (Å²) in [5.74, 6) is -0.405. The maximum Gasteiger partial charge on any atom is 0.414 e. The van der Waals surface area contributed by atoms with E-state index >= 15 is 0 Å². The minimum absolute atomic E-state index is 0.0277. The molecule has 1 heterocycles. The average molecular weight is 204 g/mol. The van der Waals surface area contributed by atoms with Crippen LogP contribution in [-0.4, -0.2) is 23.5 Å². The van der Waals surface area contributed by atoms with E-state index in [0.717, 1.165) is 6.42 Å². The molecule has 2 fully saturated rings. The Kier molecular flexibility index (Phi) is 2.15. The highest BCUT2D eigenvalue weighted by molar-refractivity contribution is 6.20. The average Bonchev–Trinajstić information content (AvgIpc) is 2.02. The molecule has 0 aromatic carbocycles. The Morgan fingerprint density at radius 2 is 2.15 bits per heavy atom. The number of ether oxygens (including phenoxy) is 1. The van der Waals surface area contributed by atoms with Gasteiger partial charge in [0.05, 0.1) is 5.92 Å². The first-order valence-corrected chi connectivity index (χ1v) is 4.76. The quantitative estimate of drug-likeness (QED) is 0.599. The highest BCUT2D eigenvalue weighted by Gasteiger charge is 2.41. The molecule has 3 atom stereocenters. The third-order valence-electron chi connectivity index (χ3n) is 2.55. The van der Waals surface area contributed by atoms with Crippen molar-refractivity contribution in [1.82, 2.24) is 5.32 Å². The van der Waals surface area contributed by atoms with Crippen LogP contribution in [-0.2, 0) is 9.53 Å². The molecular formula is C8H10ClNO3. The van der Waals surface area contributed by atoms with Crippen LogP contribution in [0.2, 0.25) is 0 Å². The van der Waals surface area contributed by atoms with E-state index in [1.54, 1.807) is 0 Å². The van der Waals surface area contributed by atoms with Gasteiger partial charge < -0.3 is 4.74 Å². The minimum atomic E-state index is -0.642. The molecule has 2 amide bonds. The first kappa shape index (κ1) is 8.81. The molecule has 5 heteroatoms. The van der Waals surface area contributed by atoms with Crippen molar-refractivity contribution < 1.29 is 14.3 Å². The molecule has 0 radical (unpaired) electrons. The molecule has 13 heavy (non-hydrogen) atoms. The summed E-state index contributed by atoms with van der Waals surface area (Å²) in [7, 11) is 0. The highest BCUT2D eigenvalue weighted by atomic mass is 35.5. The Labute approximate surface area is 80.6 Å². The van der Waals surface area contributed by atoms with Crippen molar-refractivity contribution in [3.05, 3.63) is 0 Å². The molecule has 3 unspecified atom stereocenters. The predicted octanol–water partition coefficient (Wildman–Crippen LogP) is 1.03. The number of imide groups is 1. The molecule has 0 aromatic rings. The third-order valence-corrected chi connectivity index (χ3v) is 2.94. The molecule has 0 aromatic heterocycles. The van der Waals surface area contributed by atoms with Crippen LogP contribution in [0.15, 0.2) is 0 Å². The Morgan fingerprint density at radius 3 is 2.92 bits per heavy atom. The third kappa shape index (κ3) is 1.63. The SMILES string of the molecule is O=C1NC(=O)C2CCC(Cl)CC2O1. The molecule has 1 saturated heterocycles. The van der Waals surface area contributed by atoms with E-state index in [0.29, 0.717) is 12.8 Å². The van der Waals surface area contributed by atoms with Gasteiger partial charge in [0.15, 0.2) is 0 Å². The first-order chi connectivity index (χ1) is 6.16. The number of carbonyl (C=O) groups is 2. The number of amides is 2. The number of hydrogen-bond donors (Lipinski definition) is 1. The van der Waals surface area contributed by atoms with Gasteiger partial charge in [-0.2, -0.15) is 0 Å². The lowest BCUT2D eigenvalue weighted by molar-refractivity contribution is -0.133. The van der Waals surface area contributed by atoms with E-state index in [1.807, 2.05) is 0 Å². The van der Waals surface area contributed by atoms with Crippen LogP contribution in [0.1, 0.15) is 19.3 Å². The van der Waals surface area contributed by atoms with Crippen molar-refractivity contribution >= 4 is 23.6 Å². The van der Waals surface area contributed by atoms with E-state index in [1.165, 1.54) is 0 Å². The summed E-state index contributed by atoms with van der Waals surface area (Å²) in [4.78, 5) is 22.1. The van der Waals surface area contributed by atoms with Crippen molar-refractivity contribution in [2.45, 2.75) is 30.7 Å². The summed E-state index contributed by atoms with van der Waals surface area (Å²) in [6.45, 7) is 0. The minimum Gasteiger partial charge on any atom is -0.445 e. The smallest absolute Gasteiger partial charge is 0.414 e. The van der Waals surface area contributed by atoms with Gasteiger partial charge in [-0.15, -0.1) is 11.6 Å². The van der Waals surface area contributed by atoms with Crippen molar-refractivity contribution in [2.75, 3.05) is 0 Å². The van der Waals surface area contributed by atoms with E-state index in [4.69, 9.17) is 16.3 Å². The molecule has 1 aliphatic heterocycles. The van der Waals surface area contributed by atoms with Gasteiger partial charge in [0.25, 0.3) is 0 Å². The number of rotatable bonds is 0. The Balaban J connectivity index is 2.10. The zero-order valence-corrected chi connectivity index (χ0v) is 7.71. The summed E-state index contributed by atoms with van der Waals surface area (Å²) in [6, 6.07) is 0. The topological polar surface area (TPSA) is 55.4 Å². The van der Waals surface area contributed by atoms with Crippen LogP contribution in [0.3, 0.4) is 0 Å². The zero-order valence-electron chi connectivity index (χ0n) is 6.96. The van der Waals surface area contributed by atoms with Crippen LogP contribution < -0.4 is 5.32 Å². The van der Waals surface area contributed by atoms with E-state index in [9.17, 15) is 9.59 Å². The molecule has 1 saturated carbocycles. The van der Waals surface area contributed by atoms with Crippen LogP contribution >= 0.6 is 11.6 Å². The summed E-state index contributed by atoms with van der Waals surface area (Å²) in [5, 5.41) is 2.18. The second-order valence-corrected chi connectivity index (χ2v) is 4.07. The lowest BCUT2D eigenvalue weighted by atomic mass is 9.85. The normalized spacial score (nSPS) is 39.0. The fraction of sp³-hybridized carbons (Fsp3) is 0.750. The van der Waals surface area contributed by atoms with Gasteiger partial charge in [-0.1, -0.05) is 0 Å². The number of fused-ring (bicyclic) bond motifs is 1. The molecule has 0 bridgehead atoms. The molecule has 1 N–H and O–H groups in total. The zero-order chi connectivity index (χ0) is 9.42. The monoisotopic (exact) mass is 203 g/mol. The largest absolute Gasteiger partial charge is 0.445 e. The Hall–Kier alpha value is -0.770. The summed E-state index contributed by atoms with van der Waals surface area (Å²) >= 11 is 5.91. The van der Waals surface area contributed by atoms with Gasteiger partial charge in [0.2, 0.25) is 5.91 Å². The lowest BCUT2D eigenvalue weighted by Crippen LogP contribution is -2.52. The maximum absolute atomic E-state index is 11.3. The second kappa shape index (κ2) is 3.18. The van der Waals surface area contributed by atoms with E-state index in [2.05, 4.69) is 5.32 Å². The molecule has 2 aliphatic rings. The number of alkyl halides is 1. The van der Waals surface area contributed by atoms with Gasteiger partial charge in [-0.05, 0) is 12.8 Å². The predicted molar refractivity (Wildman–Crippen MR) is 45.4 cm³/mol. The number of halogens is 1. The van der Waals surface area contributed by atoms with Crippen LogP contribution in [0.4, 0.5) is 4.79 Å².